The van der Waals surface area contributed by atoms with E-state index in [1.165, 1.54) is 0 Å². The molecule has 3 nitrogen and oxygen atoms in total. The van der Waals surface area contributed by atoms with Crippen LogP contribution in [0.15, 0.2) is 24.3 Å². The molecule has 0 aliphatic rings. The number of carbonyl (C=O) groups is 1. The van der Waals surface area contributed by atoms with Crippen LogP contribution in [0.3, 0.4) is 0 Å². The Morgan fingerprint density at radius 2 is 1.69 bits per heavy atom. The summed E-state index contributed by atoms with van der Waals surface area (Å²) in [5, 5.41) is 8.60. The molecule has 4 heteroatoms. The van der Waals surface area contributed by atoms with Gasteiger partial charge in [0, 0.05) is 19.8 Å². The van der Waals surface area contributed by atoms with Gasteiger partial charge in [0.05, 0.1) is 5.56 Å². The summed E-state index contributed by atoms with van der Waals surface area (Å²) >= 11 is 0. The van der Waals surface area contributed by atoms with Crippen molar-refractivity contribution in [2.45, 2.75) is 0 Å². The second-order valence-electron chi connectivity index (χ2n) is 2.75. The van der Waals surface area contributed by atoms with Gasteiger partial charge in [-0.2, -0.15) is 0 Å². The number of aromatic carboxylic acids is 1. The molecule has 0 amide bonds. The molecule has 0 fully saturated rings. The van der Waals surface area contributed by atoms with Gasteiger partial charge >= 0.3 is 35.5 Å². The molecular formula is C9H12NNaO2. The molecule has 0 aromatic heterocycles. The van der Waals surface area contributed by atoms with Gasteiger partial charge in [-0.05, 0) is 24.3 Å². The predicted molar refractivity (Wildman–Crippen MR) is 54.9 cm³/mol. The Labute approximate surface area is 99.7 Å². The molecular weight excluding hydrogens is 177 g/mol. The fourth-order valence-corrected chi connectivity index (χ4v) is 0.902. The van der Waals surface area contributed by atoms with Crippen LogP contribution in [0, 0.1) is 0 Å². The summed E-state index contributed by atoms with van der Waals surface area (Å²) in [6, 6.07) is 6.75. The van der Waals surface area contributed by atoms with E-state index in [1.54, 1.807) is 24.3 Å². The Kier molecular flexibility index (Phi) is 5.06. The van der Waals surface area contributed by atoms with E-state index in [0.29, 0.717) is 5.56 Å². The third-order valence-electron chi connectivity index (χ3n) is 1.63. The van der Waals surface area contributed by atoms with Crippen molar-refractivity contribution < 1.29 is 9.90 Å². The van der Waals surface area contributed by atoms with Gasteiger partial charge in [-0.1, -0.05) is 0 Å². The molecule has 0 aliphatic heterocycles. The molecule has 13 heavy (non-hydrogen) atoms. The third kappa shape index (κ3) is 3.38. The standard InChI is InChI=1S/C9H11NO2.Na.H/c1-10(2)8-5-3-7(4-6-8)9(11)12;;/h3-6H,1-2H3,(H,11,12);;. The molecule has 0 saturated carbocycles. The quantitative estimate of drug-likeness (QED) is 0.699. The van der Waals surface area contributed by atoms with E-state index in [0.717, 1.165) is 5.69 Å². The Morgan fingerprint density at radius 3 is 2.00 bits per heavy atom. The van der Waals surface area contributed by atoms with Gasteiger partial charge in [0.1, 0.15) is 0 Å². The van der Waals surface area contributed by atoms with Crippen LogP contribution >= 0.6 is 0 Å². The Bertz CT molecular complexity index is 282. The van der Waals surface area contributed by atoms with Gasteiger partial charge in [0.25, 0.3) is 0 Å². The zero-order valence-corrected chi connectivity index (χ0v) is 7.11. The number of rotatable bonds is 2. The van der Waals surface area contributed by atoms with Gasteiger partial charge < -0.3 is 10.0 Å². The summed E-state index contributed by atoms with van der Waals surface area (Å²) in [7, 11) is 3.82. The van der Waals surface area contributed by atoms with Crippen LogP contribution < -0.4 is 4.90 Å². The first-order valence-electron chi connectivity index (χ1n) is 3.62. The number of nitrogens with zero attached hydrogens (tertiary/aromatic N) is 1. The Morgan fingerprint density at radius 1 is 1.23 bits per heavy atom. The van der Waals surface area contributed by atoms with E-state index in [-0.39, 0.29) is 29.6 Å². The van der Waals surface area contributed by atoms with Crippen molar-refractivity contribution in [3.63, 3.8) is 0 Å². The van der Waals surface area contributed by atoms with E-state index in [9.17, 15) is 4.79 Å². The molecule has 0 unspecified atom stereocenters. The average Bonchev–Trinajstić information content (AvgIpc) is 2.04. The monoisotopic (exact) mass is 189 g/mol. The summed E-state index contributed by atoms with van der Waals surface area (Å²) < 4.78 is 0. The van der Waals surface area contributed by atoms with Crippen LogP contribution in [-0.2, 0) is 0 Å². The van der Waals surface area contributed by atoms with Crippen LogP contribution in [-0.4, -0.2) is 54.7 Å². The number of carboxylic acids is 1. The van der Waals surface area contributed by atoms with Crippen molar-refractivity contribution in [2.24, 2.45) is 0 Å². The van der Waals surface area contributed by atoms with Gasteiger partial charge in [-0.3, -0.25) is 0 Å². The summed E-state index contributed by atoms with van der Waals surface area (Å²) in [6.45, 7) is 0. The molecule has 0 radical (unpaired) electrons. The number of carboxylic acid groups (broad SMARTS) is 1. The molecule has 66 valence electrons. The van der Waals surface area contributed by atoms with E-state index < -0.39 is 5.97 Å². The van der Waals surface area contributed by atoms with Crippen LogP contribution in [0.5, 0.6) is 0 Å². The first-order valence-corrected chi connectivity index (χ1v) is 3.62. The zero-order valence-electron chi connectivity index (χ0n) is 7.11. The van der Waals surface area contributed by atoms with E-state index in [1.807, 2.05) is 19.0 Å². The van der Waals surface area contributed by atoms with E-state index in [4.69, 9.17) is 5.11 Å². The average molecular weight is 189 g/mol. The minimum absolute atomic E-state index is 0. The van der Waals surface area contributed by atoms with E-state index in [2.05, 4.69) is 0 Å². The van der Waals surface area contributed by atoms with Crippen LogP contribution in [0.25, 0.3) is 0 Å². The fourth-order valence-electron chi connectivity index (χ4n) is 0.902. The minimum atomic E-state index is -0.889. The van der Waals surface area contributed by atoms with Crippen LogP contribution in [0.1, 0.15) is 10.4 Å². The normalized spacial score (nSPS) is 8.77. The maximum absolute atomic E-state index is 10.5. The van der Waals surface area contributed by atoms with Crippen LogP contribution in [0.2, 0.25) is 0 Å². The van der Waals surface area contributed by atoms with E-state index >= 15 is 0 Å². The second-order valence-corrected chi connectivity index (χ2v) is 2.75. The van der Waals surface area contributed by atoms with Crippen molar-refractivity contribution in [3.05, 3.63) is 29.8 Å². The molecule has 1 N–H and O–H groups in total. The fraction of sp³-hybridized carbons (Fsp3) is 0.222. The predicted octanol–water partition coefficient (Wildman–Crippen LogP) is 0.802. The first kappa shape index (κ1) is 12.5. The Hall–Kier alpha value is -0.510. The summed E-state index contributed by atoms with van der Waals surface area (Å²) in [6.07, 6.45) is 0. The topological polar surface area (TPSA) is 40.5 Å². The molecule has 0 aliphatic carbocycles. The van der Waals surface area contributed by atoms with Crippen molar-refractivity contribution >= 4 is 41.2 Å². The maximum atomic E-state index is 10.5. The third-order valence-corrected chi connectivity index (χ3v) is 1.63. The molecule has 0 heterocycles. The molecule has 1 aromatic rings. The Balaban J connectivity index is 0.00000144. The molecule has 0 bridgehead atoms. The number of benzene rings is 1. The van der Waals surface area contributed by atoms with Gasteiger partial charge in [0.2, 0.25) is 0 Å². The second kappa shape index (κ2) is 5.27. The SMILES string of the molecule is CN(C)c1ccc(C(=O)O)cc1.[NaH]. The van der Waals surface area contributed by atoms with Crippen molar-refractivity contribution in [3.8, 4) is 0 Å². The molecule has 1 rings (SSSR count). The first-order chi connectivity index (χ1) is 5.61. The number of hydrogen-bond acceptors (Lipinski definition) is 2. The van der Waals surface area contributed by atoms with Gasteiger partial charge in [-0.25, -0.2) is 4.79 Å². The molecule has 0 atom stereocenters. The molecule has 0 saturated heterocycles. The van der Waals surface area contributed by atoms with Crippen molar-refractivity contribution in [1.29, 1.82) is 0 Å². The summed E-state index contributed by atoms with van der Waals surface area (Å²) in [5.74, 6) is -0.889. The van der Waals surface area contributed by atoms with Gasteiger partial charge in [0.15, 0.2) is 0 Å². The van der Waals surface area contributed by atoms with Crippen molar-refractivity contribution in [1.82, 2.24) is 0 Å². The summed E-state index contributed by atoms with van der Waals surface area (Å²) in [5.41, 5.74) is 1.32. The van der Waals surface area contributed by atoms with Crippen molar-refractivity contribution in [2.75, 3.05) is 19.0 Å². The zero-order chi connectivity index (χ0) is 9.14. The molecule has 1 aromatic carbocycles. The van der Waals surface area contributed by atoms with Crippen LogP contribution in [0.4, 0.5) is 5.69 Å². The van der Waals surface area contributed by atoms with Gasteiger partial charge in [-0.15, -0.1) is 0 Å². The number of hydrogen-bond donors (Lipinski definition) is 1. The molecule has 0 spiro atoms. The summed E-state index contributed by atoms with van der Waals surface area (Å²) in [4.78, 5) is 12.4. The number of anilines is 1.